The maximum Gasteiger partial charge on any atom is 0.416 e. The van der Waals surface area contributed by atoms with E-state index in [1.165, 1.54) is 13.2 Å². The van der Waals surface area contributed by atoms with E-state index in [4.69, 9.17) is 32.7 Å². The zero-order valence-electron chi connectivity index (χ0n) is 17.1. The molecular formula is C24H16Cl2F3NO3. The van der Waals surface area contributed by atoms with Crippen molar-refractivity contribution in [3.05, 3.63) is 86.9 Å². The highest BCUT2D eigenvalue weighted by atomic mass is 35.5. The summed E-state index contributed by atoms with van der Waals surface area (Å²) in [6.45, 7) is 0.185. The molecule has 1 amide bonds. The number of alkyl halides is 3. The second-order valence-corrected chi connectivity index (χ2v) is 8.05. The second-order valence-electron chi connectivity index (χ2n) is 7.20. The van der Waals surface area contributed by atoms with E-state index in [0.29, 0.717) is 32.7 Å². The molecule has 0 aliphatic carbocycles. The van der Waals surface area contributed by atoms with Gasteiger partial charge >= 0.3 is 6.18 Å². The van der Waals surface area contributed by atoms with E-state index in [0.717, 1.165) is 17.7 Å². The number of carbonyl (C=O) groups excluding carboxylic acids is 1. The molecule has 0 saturated carbocycles. The fourth-order valence-electron chi connectivity index (χ4n) is 3.37. The van der Waals surface area contributed by atoms with Crippen LogP contribution in [0, 0.1) is 0 Å². The van der Waals surface area contributed by atoms with Gasteiger partial charge in [0.1, 0.15) is 6.61 Å². The molecule has 0 saturated heterocycles. The predicted molar refractivity (Wildman–Crippen MR) is 122 cm³/mol. The second kappa shape index (κ2) is 9.00. The monoisotopic (exact) mass is 493 g/mol. The van der Waals surface area contributed by atoms with Gasteiger partial charge in [0, 0.05) is 32.4 Å². The summed E-state index contributed by atoms with van der Waals surface area (Å²) in [4.78, 5) is 12.4. The fourth-order valence-corrected chi connectivity index (χ4v) is 3.83. The summed E-state index contributed by atoms with van der Waals surface area (Å²) in [7, 11) is 1.48. The average Bonchev–Trinajstić information content (AvgIpc) is 3.07. The van der Waals surface area contributed by atoms with Crippen molar-refractivity contribution in [2.24, 2.45) is 0 Å². The number of fused-ring (bicyclic) bond motifs is 1. The van der Waals surface area contributed by atoms with Crippen molar-refractivity contribution in [3.8, 4) is 11.5 Å². The van der Waals surface area contributed by atoms with Crippen molar-refractivity contribution in [1.82, 2.24) is 0 Å². The Morgan fingerprint density at radius 1 is 1.00 bits per heavy atom. The normalized spacial score (nSPS) is 14.2. The first-order valence-corrected chi connectivity index (χ1v) is 10.4. The number of rotatable bonds is 5. The van der Waals surface area contributed by atoms with E-state index in [1.807, 2.05) is 0 Å². The smallest absolute Gasteiger partial charge is 0.416 e. The Kier molecular flexibility index (Phi) is 6.28. The molecule has 1 aliphatic rings. The molecule has 0 bridgehead atoms. The molecule has 0 fully saturated rings. The minimum Gasteiger partial charge on any atom is -0.493 e. The van der Waals surface area contributed by atoms with Crippen molar-refractivity contribution < 1.29 is 27.4 Å². The molecule has 3 aromatic rings. The Balaban J connectivity index is 1.59. The lowest BCUT2D eigenvalue weighted by Crippen LogP contribution is -2.06. The molecule has 0 aromatic heterocycles. The molecule has 170 valence electrons. The van der Waals surface area contributed by atoms with Crippen LogP contribution in [-0.2, 0) is 17.6 Å². The van der Waals surface area contributed by atoms with Crippen molar-refractivity contribution in [2.45, 2.75) is 12.8 Å². The van der Waals surface area contributed by atoms with Crippen LogP contribution >= 0.6 is 23.2 Å². The van der Waals surface area contributed by atoms with E-state index < -0.39 is 17.6 Å². The Labute approximate surface area is 197 Å². The summed E-state index contributed by atoms with van der Waals surface area (Å²) in [5.41, 5.74) is 1.29. The lowest BCUT2D eigenvalue weighted by Gasteiger charge is -2.12. The number of methoxy groups -OCH3 is 1. The van der Waals surface area contributed by atoms with Crippen molar-refractivity contribution in [2.75, 3.05) is 12.4 Å². The van der Waals surface area contributed by atoms with Gasteiger partial charge in [-0.3, -0.25) is 4.79 Å². The molecule has 4 rings (SSSR count). The van der Waals surface area contributed by atoms with Crippen LogP contribution in [-0.4, -0.2) is 13.0 Å². The SMILES string of the molecule is COc1cc(/C=C2/C(=O)Nc3cc(C(F)(F)F)ccc32)ccc1OCc1ccc(Cl)cc1Cl. The third kappa shape index (κ3) is 4.94. The highest BCUT2D eigenvalue weighted by Gasteiger charge is 2.33. The summed E-state index contributed by atoms with van der Waals surface area (Å²) in [5.74, 6) is 0.387. The lowest BCUT2D eigenvalue weighted by atomic mass is 10.0. The van der Waals surface area contributed by atoms with E-state index in [2.05, 4.69) is 5.32 Å². The van der Waals surface area contributed by atoms with Gasteiger partial charge in [0.15, 0.2) is 11.5 Å². The van der Waals surface area contributed by atoms with Gasteiger partial charge in [-0.2, -0.15) is 13.2 Å². The minimum atomic E-state index is -4.49. The zero-order valence-corrected chi connectivity index (χ0v) is 18.6. The van der Waals surface area contributed by atoms with Crippen LogP contribution in [0.15, 0.2) is 54.6 Å². The quantitative estimate of drug-likeness (QED) is 0.385. The molecule has 1 N–H and O–H groups in total. The molecule has 3 aromatic carbocycles. The zero-order chi connectivity index (χ0) is 23.8. The van der Waals surface area contributed by atoms with Crippen molar-refractivity contribution in [3.63, 3.8) is 0 Å². The van der Waals surface area contributed by atoms with E-state index in [-0.39, 0.29) is 17.9 Å². The topological polar surface area (TPSA) is 47.6 Å². The summed E-state index contributed by atoms with van der Waals surface area (Å²) in [6.07, 6.45) is -2.91. The summed E-state index contributed by atoms with van der Waals surface area (Å²) < 4.78 is 50.1. The van der Waals surface area contributed by atoms with Gasteiger partial charge < -0.3 is 14.8 Å². The number of amides is 1. The van der Waals surface area contributed by atoms with Crippen LogP contribution in [0.3, 0.4) is 0 Å². The largest absolute Gasteiger partial charge is 0.493 e. The van der Waals surface area contributed by atoms with Gasteiger partial charge in [-0.25, -0.2) is 0 Å². The Bertz CT molecular complexity index is 1270. The van der Waals surface area contributed by atoms with Crippen molar-refractivity contribution >= 4 is 46.4 Å². The average molecular weight is 494 g/mol. The van der Waals surface area contributed by atoms with Gasteiger partial charge in [0.25, 0.3) is 5.91 Å². The van der Waals surface area contributed by atoms with Crippen LogP contribution in [0.5, 0.6) is 11.5 Å². The van der Waals surface area contributed by atoms with Crippen molar-refractivity contribution in [1.29, 1.82) is 0 Å². The van der Waals surface area contributed by atoms with Gasteiger partial charge in [-0.15, -0.1) is 0 Å². The van der Waals surface area contributed by atoms with Crippen LogP contribution < -0.4 is 14.8 Å². The first-order chi connectivity index (χ1) is 15.7. The fraction of sp³-hybridized carbons (Fsp3) is 0.125. The molecule has 33 heavy (non-hydrogen) atoms. The molecule has 0 spiro atoms. The van der Waals surface area contributed by atoms with Crippen LogP contribution in [0.1, 0.15) is 22.3 Å². The Morgan fingerprint density at radius 3 is 2.48 bits per heavy atom. The first kappa shape index (κ1) is 23.0. The Morgan fingerprint density at radius 2 is 1.79 bits per heavy atom. The van der Waals surface area contributed by atoms with E-state index in [1.54, 1.807) is 42.5 Å². The van der Waals surface area contributed by atoms with E-state index in [9.17, 15) is 18.0 Å². The lowest BCUT2D eigenvalue weighted by molar-refractivity contribution is -0.137. The molecular weight excluding hydrogens is 478 g/mol. The minimum absolute atomic E-state index is 0.118. The predicted octanol–water partition coefficient (Wildman–Crippen LogP) is 7.09. The number of anilines is 1. The number of hydrogen-bond acceptors (Lipinski definition) is 3. The highest BCUT2D eigenvalue weighted by Crippen LogP contribution is 2.39. The summed E-state index contributed by atoms with van der Waals surface area (Å²) in [5, 5.41) is 3.48. The van der Waals surface area contributed by atoms with Gasteiger partial charge in [0.2, 0.25) is 0 Å². The third-order valence-corrected chi connectivity index (χ3v) is 5.61. The van der Waals surface area contributed by atoms with Crippen LogP contribution in [0.4, 0.5) is 18.9 Å². The Hall–Kier alpha value is -3.16. The number of benzene rings is 3. The third-order valence-electron chi connectivity index (χ3n) is 5.03. The maximum absolute atomic E-state index is 13.0. The van der Waals surface area contributed by atoms with Crippen LogP contribution in [0.25, 0.3) is 11.6 Å². The molecule has 0 radical (unpaired) electrons. The molecule has 9 heteroatoms. The highest BCUT2D eigenvalue weighted by molar-refractivity contribution is 6.35. The maximum atomic E-state index is 13.0. The van der Waals surface area contributed by atoms with Gasteiger partial charge in [-0.05, 0) is 48.0 Å². The number of hydrogen-bond donors (Lipinski definition) is 1. The molecule has 4 nitrogen and oxygen atoms in total. The van der Waals surface area contributed by atoms with Crippen LogP contribution in [0.2, 0.25) is 10.0 Å². The first-order valence-electron chi connectivity index (χ1n) is 9.65. The van der Waals surface area contributed by atoms with Gasteiger partial charge in [0.05, 0.1) is 12.7 Å². The molecule has 1 heterocycles. The standard InChI is InChI=1S/C24H16Cl2F3NO3/c1-32-22-9-13(2-7-21(22)33-12-14-3-5-16(25)11-19(14)26)8-18-17-6-4-15(24(27,28)29)10-20(17)30-23(18)31/h2-11H,12H2,1H3,(H,30,31)/b18-8+. The molecule has 0 atom stereocenters. The van der Waals surface area contributed by atoms with Gasteiger partial charge in [-0.1, -0.05) is 41.4 Å². The van der Waals surface area contributed by atoms with E-state index >= 15 is 0 Å². The number of nitrogens with one attached hydrogen (secondary N) is 1. The number of halogens is 5. The molecule has 1 aliphatic heterocycles. The summed E-state index contributed by atoms with van der Waals surface area (Å²) in [6, 6.07) is 13.3. The number of ether oxygens (including phenoxy) is 2. The molecule has 0 unspecified atom stereocenters. The number of carbonyl (C=O) groups is 1. The summed E-state index contributed by atoms with van der Waals surface area (Å²) >= 11 is 12.1.